The maximum atomic E-state index is 12.2. The fourth-order valence-electron chi connectivity index (χ4n) is 1.74. The summed E-state index contributed by atoms with van der Waals surface area (Å²) in [6.45, 7) is 2.58. The Hall–Kier alpha value is -1.84. The molecule has 0 bridgehead atoms. The Bertz CT molecular complexity index is 618. The van der Waals surface area contributed by atoms with Gasteiger partial charge in [-0.05, 0) is 31.5 Å². The topological polar surface area (TPSA) is 103 Å². The maximum Gasteiger partial charge on any atom is 0.411 e. The van der Waals surface area contributed by atoms with Gasteiger partial charge in [-0.25, -0.2) is 17.9 Å². The highest BCUT2D eigenvalue weighted by Crippen LogP contribution is 2.27. The van der Waals surface area contributed by atoms with Crippen LogP contribution in [0.15, 0.2) is 23.1 Å². The van der Waals surface area contributed by atoms with Gasteiger partial charge in [-0.3, -0.25) is 5.32 Å². The predicted molar refractivity (Wildman–Crippen MR) is 85.3 cm³/mol. The Morgan fingerprint density at radius 2 is 2.00 bits per heavy atom. The molecule has 0 aliphatic rings. The number of rotatable bonds is 9. The summed E-state index contributed by atoms with van der Waals surface area (Å²) < 4.78 is 41.7. The van der Waals surface area contributed by atoms with Crippen LogP contribution in [0, 0.1) is 0 Å². The number of carbonyl (C=O) groups is 1. The molecule has 130 valence electrons. The van der Waals surface area contributed by atoms with Crippen LogP contribution in [-0.4, -0.2) is 48.5 Å². The fraction of sp³-hybridized carbons (Fsp3) is 0.500. The van der Waals surface area contributed by atoms with Gasteiger partial charge in [-0.1, -0.05) is 0 Å². The minimum absolute atomic E-state index is 0.0162. The molecule has 0 aliphatic carbocycles. The van der Waals surface area contributed by atoms with Crippen LogP contribution in [0.4, 0.5) is 10.5 Å². The van der Waals surface area contributed by atoms with E-state index in [1.165, 1.54) is 25.3 Å². The van der Waals surface area contributed by atoms with E-state index in [9.17, 15) is 13.2 Å². The van der Waals surface area contributed by atoms with Crippen molar-refractivity contribution in [1.82, 2.24) is 4.72 Å². The zero-order valence-corrected chi connectivity index (χ0v) is 14.2. The van der Waals surface area contributed by atoms with Crippen molar-refractivity contribution >= 4 is 21.8 Å². The first kappa shape index (κ1) is 19.2. The molecular formula is C14H22N2O6S. The monoisotopic (exact) mass is 346 g/mol. The van der Waals surface area contributed by atoms with E-state index in [0.717, 1.165) is 0 Å². The van der Waals surface area contributed by atoms with Gasteiger partial charge >= 0.3 is 6.09 Å². The summed E-state index contributed by atoms with van der Waals surface area (Å²) in [5.74, 6) is 0.330. The van der Waals surface area contributed by atoms with Crippen LogP contribution in [0.5, 0.6) is 5.75 Å². The first-order chi connectivity index (χ1) is 10.9. The van der Waals surface area contributed by atoms with Gasteiger partial charge in [-0.15, -0.1) is 0 Å². The molecular weight excluding hydrogens is 324 g/mol. The van der Waals surface area contributed by atoms with Crippen molar-refractivity contribution in [3.05, 3.63) is 18.2 Å². The maximum absolute atomic E-state index is 12.2. The average molecular weight is 346 g/mol. The van der Waals surface area contributed by atoms with Crippen LogP contribution >= 0.6 is 0 Å². The summed E-state index contributed by atoms with van der Waals surface area (Å²) in [6.07, 6.45) is -0.131. The van der Waals surface area contributed by atoms with Crippen molar-refractivity contribution in [3.63, 3.8) is 0 Å². The number of amides is 1. The molecule has 0 aromatic heterocycles. The van der Waals surface area contributed by atoms with Gasteiger partial charge in [0.15, 0.2) is 0 Å². The second-order valence-electron chi connectivity index (χ2n) is 4.45. The van der Waals surface area contributed by atoms with Crippen molar-refractivity contribution < 1.29 is 27.4 Å². The molecule has 0 aliphatic heterocycles. The van der Waals surface area contributed by atoms with E-state index < -0.39 is 16.1 Å². The molecule has 0 fully saturated rings. The van der Waals surface area contributed by atoms with Gasteiger partial charge in [0.05, 0.1) is 24.3 Å². The van der Waals surface area contributed by atoms with E-state index in [2.05, 4.69) is 10.0 Å². The zero-order valence-electron chi connectivity index (χ0n) is 13.4. The third-order valence-electron chi connectivity index (χ3n) is 2.81. The Morgan fingerprint density at radius 3 is 2.61 bits per heavy atom. The second-order valence-corrected chi connectivity index (χ2v) is 6.22. The smallest absolute Gasteiger partial charge is 0.411 e. The molecule has 0 heterocycles. The number of benzene rings is 1. The van der Waals surface area contributed by atoms with Gasteiger partial charge in [0, 0.05) is 20.3 Å². The van der Waals surface area contributed by atoms with Gasteiger partial charge in [0.2, 0.25) is 10.0 Å². The average Bonchev–Trinajstić information content (AvgIpc) is 2.51. The minimum atomic E-state index is -3.69. The molecule has 2 N–H and O–H groups in total. The summed E-state index contributed by atoms with van der Waals surface area (Å²) >= 11 is 0. The Morgan fingerprint density at radius 1 is 1.26 bits per heavy atom. The van der Waals surface area contributed by atoms with Crippen LogP contribution in [0.3, 0.4) is 0 Å². The molecule has 1 aromatic rings. The van der Waals surface area contributed by atoms with Crippen molar-refractivity contribution in [2.75, 3.05) is 39.3 Å². The van der Waals surface area contributed by atoms with Crippen molar-refractivity contribution in [2.45, 2.75) is 18.2 Å². The molecule has 9 heteroatoms. The van der Waals surface area contributed by atoms with Gasteiger partial charge in [0.25, 0.3) is 0 Å². The van der Waals surface area contributed by atoms with Crippen LogP contribution in [0.2, 0.25) is 0 Å². The molecule has 0 radical (unpaired) electrons. The van der Waals surface area contributed by atoms with E-state index in [1.807, 2.05) is 0 Å². The molecule has 1 aromatic carbocycles. The van der Waals surface area contributed by atoms with E-state index >= 15 is 0 Å². The van der Waals surface area contributed by atoms with E-state index in [0.29, 0.717) is 18.8 Å². The number of methoxy groups -OCH3 is 2. The lowest BCUT2D eigenvalue weighted by Gasteiger charge is -2.12. The van der Waals surface area contributed by atoms with E-state index in [-0.39, 0.29) is 23.7 Å². The molecule has 0 saturated heterocycles. The van der Waals surface area contributed by atoms with Crippen LogP contribution in [-0.2, 0) is 19.5 Å². The SMILES string of the molecule is CCOC(=O)Nc1cc(S(=O)(=O)NCCCOC)ccc1OC. The second kappa shape index (κ2) is 9.33. The summed E-state index contributed by atoms with van der Waals surface area (Å²) in [5, 5.41) is 2.45. The predicted octanol–water partition coefficient (Wildman–Crippen LogP) is 1.58. The van der Waals surface area contributed by atoms with Crippen LogP contribution in [0.1, 0.15) is 13.3 Å². The Balaban J connectivity index is 2.93. The Kier molecular flexibility index (Phi) is 7.79. The Labute approximate surface area is 136 Å². The van der Waals surface area contributed by atoms with Crippen molar-refractivity contribution in [3.8, 4) is 5.75 Å². The molecule has 0 atom stereocenters. The van der Waals surface area contributed by atoms with Gasteiger partial charge < -0.3 is 14.2 Å². The highest BCUT2D eigenvalue weighted by molar-refractivity contribution is 7.89. The lowest BCUT2D eigenvalue weighted by molar-refractivity contribution is 0.168. The van der Waals surface area contributed by atoms with Gasteiger partial charge in [0.1, 0.15) is 5.75 Å². The normalized spacial score (nSPS) is 11.1. The molecule has 1 amide bonds. The minimum Gasteiger partial charge on any atom is -0.495 e. The molecule has 0 saturated carbocycles. The number of hydrogen-bond acceptors (Lipinski definition) is 6. The quantitative estimate of drug-likeness (QED) is 0.658. The number of ether oxygens (including phenoxy) is 3. The highest BCUT2D eigenvalue weighted by atomic mass is 32.2. The fourth-order valence-corrected chi connectivity index (χ4v) is 2.84. The molecule has 8 nitrogen and oxygen atoms in total. The van der Waals surface area contributed by atoms with Crippen LogP contribution in [0.25, 0.3) is 0 Å². The molecule has 1 rings (SSSR count). The first-order valence-corrected chi connectivity index (χ1v) is 8.53. The summed E-state index contributed by atoms with van der Waals surface area (Å²) in [5.41, 5.74) is 0.214. The van der Waals surface area contributed by atoms with Gasteiger partial charge in [-0.2, -0.15) is 0 Å². The number of anilines is 1. The molecule has 0 spiro atoms. The van der Waals surface area contributed by atoms with Crippen molar-refractivity contribution in [2.24, 2.45) is 0 Å². The van der Waals surface area contributed by atoms with Crippen LogP contribution < -0.4 is 14.8 Å². The lowest BCUT2D eigenvalue weighted by atomic mass is 10.3. The lowest BCUT2D eigenvalue weighted by Crippen LogP contribution is -2.25. The molecule has 0 unspecified atom stereocenters. The number of sulfonamides is 1. The number of nitrogens with one attached hydrogen (secondary N) is 2. The number of hydrogen-bond donors (Lipinski definition) is 2. The summed E-state index contributed by atoms with van der Waals surface area (Å²) in [4.78, 5) is 11.5. The third kappa shape index (κ3) is 6.05. The first-order valence-electron chi connectivity index (χ1n) is 7.05. The summed E-state index contributed by atoms with van der Waals surface area (Å²) in [7, 11) is -0.723. The third-order valence-corrected chi connectivity index (χ3v) is 4.27. The van der Waals surface area contributed by atoms with E-state index in [1.54, 1.807) is 14.0 Å². The largest absolute Gasteiger partial charge is 0.495 e. The summed E-state index contributed by atoms with van der Waals surface area (Å²) in [6, 6.07) is 4.17. The molecule has 23 heavy (non-hydrogen) atoms. The zero-order chi connectivity index (χ0) is 17.3. The standard InChI is InChI=1S/C14H22N2O6S/c1-4-22-14(17)16-12-10-11(6-7-13(12)21-3)23(18,19)15-8-5-9-20-2/h6-7,10,15H,4-5,8-9H2,1-3H3,(H,16,17). The number of carbonyl (C=O) groups excluding carboxylic acids is 1. The van der Waals surface area contributed by atoms with Crippen molar-refractivity contribution in [1.29, 1.82) is 0 Å². The highest BCUT2D eigenvalue weighted by Gasteiger charge is 2.17. The van der Waals surface area contributed by atoms with E-state index in [4.69, 9.17) is 14.2 Å².